The van der Waals surface area contributed by atoms with E-state index < -0.39 is 0 Å². The van der Waals surface area contributed by atoms with Crippen molar-refractivity contribution in [2.24, 2.45) is 0 Å². The maximum atomic E-state index is 12.5. The molecule has 1 aliphatic rings. The van der Waals surface area contributed by atoms with Crippen molar-refractivity contribution in [3.63, 3.8) is 0 Å². The fraction of sp³-hybridized carbons (Fsp3) is 0.0909. The molecular weight excluding hydrogens is 336 g/mol. The highest BCUT2D eigenvalue weighted by Crippen LogP contribution is 2.33. The highest BCUT2D eigenvalue weighted by Gasteiger charge is 2.33. The second-order valence-electron chi connectivity index (χ2n) is 6.66. The van der Waals surface area contributed by atoms with E-state index in [0.717, 1.165) is 22.3 Å². The summed E-state index contributed by atoms with van der Waals surface area (Å²) >= 11 is 0. The largest absolute Gasteiger partial charge is 0.345 e. The summed E-state index contributed by atoms with van der Waals surface area (Å²) < 4.78 is 0. The predicted octanol–water partition coefficient (Wildman–Crippen LogP) is 4.50. The minimum absolute atomic E-state index is 0.0429. The molecule has 5 nitrogen and oxygen atoms in total. The molecule has 4 aromatic rings. The van der Waals surface area contributed by atoms with Gasteiger partial charge >= 0.3 is 6.03 Å². The van der Waals surface area contributed by atoms with Crippen molar-refractivity contribution in [3.8, 4) is 11.1 Å². The first kappa shape index (κ1) is 15.6. The molecule has 1 aromatic heterocycles. The molecule has 1 fully saturated rings. The van der Waals surface area contributed by atoms with E-state index in [-0.39, 0.29) is 12.1 Å². The van der Waals surface area contributed by atoms with E-state index in [0.29, 0.717) is 6.54 Å². The van der Waals surface area contributed by atoms with Crippen molar-refractivity contribution in [2.45, 2.75) is 6.04 Å². The fourth-order valence-electron chi connectivity index (χ4n) is 3.66. The summed E-state index contributed by atoms with van der Waals surface area (Å²) in [6.07, 6.45) is 1.66. The molecule has 0 spiro atoms. The first-order chi connectivity index (χ1) is 13.3. The molecule has 1 saturated heterocycles. The Morgan fingerprint density at radius 2 is 1.70 bits per heavy atom. The second-order valence-corrected chi connectivity index (χ2v) is 6.66. The van der Waals surface area contributed by atoms with Crippen LogP contribution in [0.5, 0.6) is 0 Å². The van der Waals surface area contributed by atoms with Crippen LogP contribution in [0.1, 0.15) is 11.6 Å². The lowest BCUT2D eigenvalue weighted by Crippen LogP contribution is -2.29. The van der Waals surface area contributed by atoms with Gasteiger partial charge in [0.15, 0.2) is 0 Å². The zero-order chi connectivity index (χ0) is 18.2. The maximum absolute atomic E-state index is 12.5. The molecule has 27 heavy (non-hydrogen) atoms. The first-order valence-corrected chi connectivity index (χ1v) is 8.95. The lowest BCUT2D eigenvalue weighted by Gasteiger charge is -2.23. The number of carbonyl (C=O) groups is 1. The number of amides is 2. The van der Waals surface area contributed by atoms with E-state index >= 15 is 0 Å². The van der Waals surface area contributed by atoms with Crippen LogP contribution in [0.4, 0.5) is 10.5 Å². The topological polar surface area (TPSA) is 61.0 Å². The molecule has 0 bridgehead atoms. The number of aromatic amines is 1. The van der Waals surface area contributed by atoms with Crippen LogP contribution in [0.3, 0.4) is 0 Å². The quantitative estimate of drug-likeness (QED) is 0.569. The van der Waals surface area contributed by atoms with E-state index in [1.807, 2.05) is 41.3 Å². The van der Waals surface area contributed by atoms with Gasteiger partial charge in [-0.25, -0.2) is 9.78 Å². The molecule has 3 aromatic carbocycles. The van der Waals surface area contributed by atoms with Crippen LogP contribution in [-0.2, 0) is 0 Å². The average molecular weight is 354 g/mol. The van der Waals surface area contributed by atoms with Gasteiger partial charge in [0.2, 0.25) is 0 Å². The molecule has 1 atom stereocenters. The van der Waals surface area contributed by atoms with Crippen molar-refractivity contribution in [1.29, 1.82) is 0 Å². The number of anilines is 1. The van der Waals surface area contributed by atoms with E-state index in [4.69, 9.17) is 0 Å². The van der Waals surface area contributed by atoms with Crippen LogP contribution in [-0.4, -0.2) is 22.5 Å². The number of hydrogen-bond acceptors (Lipinski definition) is 2. The third-order valence-corrected chi connectivity index (χ3v) is 5.06. The van der Waals surface area contributed by atoms with Crippen LogP contribution in [0.15, 0.2) is 79.1 Å². The van der Waals surface area contributed by atoms with Gasteiger partial charge in [-0.3, -0.25) is 4.90 Å². The van der Waals surface area contributed by atoms with Crippen molar-refractivity contribution in [1.82, 2.24) is 15.3 Å². The van der Waals surface area contributed by atoms with Gasteiger partial charge in [0.1, 0.15) is 0 Å². The van der Waals surface area contributed by atoms with Crippen LogP contribution in [0.2, 0.25) is 0 Å². The summed E-state index contributed by atoms with van der Waals surface area (Å²) in [5.74, 6) is 0. The molecule has 1 unspecified atom stereocenters. The Morgan fingerprint density at radius 3 is 2.52 bits per heavy atom. The average Bonchev–Trinajstić information content (AvgIpc) is 3.34. The van der Waals surface area contributed by atoms with Gasteiger partial charge in [0.05, 0.1) is 23.4 Å². The smallest absolute Gasteiger partial charge is 0.322 e. The van der Waals surface area contributed by atoms with E-state index in [9.17, 15) is 4.79 Å². The predicted molar refractivity (Wildman–Crippen MR) is 107 cm³/mol. The van der Waals surface area contributed by atoms with Gasteiger partial charge in [-0.2, -0.15) is 0 Å². The monoisotopic (exact) mass is 354 g/mol. The number of imidazole rings is 1. The molecule has 132 valence electrons. The third kappa shape index (κ3) is 2.73. The molecule has 0 aliphatic carbocycles. The lowest BCUT2D eigenvalue weighted by atomic mass is 10.0. The second kappa shape index (κ2) is 6.29. The van der Waals surface area contributed by atoms with Crippen molar-refractivity contribution < 1.29 is 4.79 Å². The van der Waals surface area contributed by atoms with E-state index in [2.05, 4.69) is 51.7 Å². The molecule has 5 rings (SSSR count). The van der Waals surface area contributed by atoms with Crippen LogP contribution in [0.25, 0.3) is 22.2 Å². The summed E-state index contributed by atoms with van der Waals surface area (Å²) in [5, 5.41) is 2.96. The number of H-pyrrole nitrogens is 1. The van der Waals surface area contributed by atoms with Gasteiger partial charge in [0.25, 0.3) is 0 Å². The number of aromatic nitrogens is 2. The lowest BCUT2D eigenvalue weighted by molar-refractivity contribution is 0.251. The van der Waals surface area contributed by atoms with Crippen molar-refractivity contribution >= 4 is 22.8 Å². The highest BCUT2D eigenvalue weighted by molar-refractivity contribution is 5.97. The first-order valence-electron chi connectivity index (χ1n) is 8.95. The Kier molecular flexibility index (Phi) is 3.64. The van der Waals surface area contributed by atoms with Crippen LogP contribution in [0, 0.1) is 0 Å². The molecule has 0 radical (unpaired) electrons. The summed E-state index contributed by atoms with van der Waals surface area (Å²) in [6.45, 7) is 0.585. The van der Waals surface area contributed by atoms with Gasteiger partial charge in [-0.05, 0) is 34.9 Å². The molecule has 2 N–H and O–H groups in total. The number of rotatable bonds is 3. The summed E-state index contributed by atoms with van der Waals surface area (Å²) in [5.41, 5.74) is 6.12. The summed E-state index contributed by atoms with van der Waals surface area (Å²) in [4.78, 5) is 21.7. The standard InChI is InChI=1S/C22H18N4O/c27-22-23-13-21(26(22)18-10-11-19-20(12-18)25-14-24-19)17-8-6-16(7-9-17)15-4-2-1-3-5-15/h1-12,14,21H,13H2,(H,23,27)(H,24,25). The zero-order valence-electron chi connectivity index (χ0n) is 14.6. The van der Waals surface area contributed by atoms with E-state index in [1.165, 1.54) is 11.1 Å². The number of hydrogen-bond donors (Lipinski definition) is 2. The van der Waals surface area contributed by atoms with Gasteiger partial charge in [-0.1, -0.05) is 54.6 Å². The van der Waals surface area contributed by atoms with Crippen LogP contribution < -0.4 is 10.2 Å². The maximum Gasteiger partial charge on any atom is 0.322 e. The number of carbonyl (C=O) groups excluding carboxylic acids is 1. The molecule has 2 amide bonds. The molecular formula is C22H18N4O. The number of fused-ring (bicyclic) bond motifs is 1. The van der Waals surface area contributed by atoms with Crippen molar-refractivity contribution in [2.75, 3.05) is 11.4 Å². The Hall–Kier alpha value is -3.60. The Morgan fingerprint density at radius 1 is 0.926 bits per heavy atom. The summed E-state index contributed by atoms with van der Waals surface area (Å²) in [6, 6.07) is 24.5. The van der Waals surface area contributed by atoms with Gasteiger partial charge in [-0.15, -0.1) is 0 Å². The molecule has 0 saturated carbocycles. The number of benzene rings is 3. The van der Waals surface area contributed by atoms with Gasteiger partial charge < -0.3 is 10.3 Å². The molecule has 2 heterocycles. The molecule has 1 aliphatic heterocycles. The number of nitrogens with zero attached hydrogens (tertiary/aromatic N) is 2. The Bertz CT molecular complexity index is 1100. The van der Waals surface area contributed by atoms with Crippen LogP contribution >= 0.6 is 0 Å². The normalized spacial score (nSPS) is 16.7. The number of urea groups is 1. The molecule has 5 heteroatoms. The fourth-order valence-corrected chi connectivity index (χ4v) is 3.66. The Balaban J connectivity index is 1.49. The van der Waals surface area contributed by atoms with E-state index in [1.54, 1.807) is 6.33 Å². The third-order valence-electron chi connectivity index (χ3n) is 5.06. The zero-order valence-corrected chi connectivity index (χ0v) is 14.6. The minimum Gasteiger partial charge on any atom is -0.345 e. The highest BCUT2D eigenvalue weighted by atomic mass is 16.2. The Labute approximate surface area is 156 Å². The minimum atomic E-state index is -0.0815. The SMILES string of the molecule is O=C1NCC(c2ccc(-c3ccccc3)cc2)N1c1ccc2[nH]cnc2c1. The van der Waals surface area contributed by atoms with Crippen molar-refractivity contribution in [3.05, 3.63) is 84.7 Å². The van der Waals surface area contributed by atoms with Gasteiger partial charge in [0, 0.05) is 12.2 Å². The number of nitrogens with one attached hydrogen (secondary N) is 2. The summed E-state index contributed by atoms with van der Waals surface area (Å²) in [7, 11) is 0.